The van der Waals surface area contributed by atoms with Gasteiger partial charge in [0.15, 0.2) is 11.7 Å². The van der Waals surface area contributed by atoms with E-state index in [1.807, 2.05) is 0 Å². The first-order chi connectivity index (χ1) is 16.2. The number of rotatable bonds is 10. The molecule has 1 aromatic heterocycles. The second-order valence-corrected chi connectivity index (χ2v) is 7.98. The number of halogens is 1. The molecule has 0 bridgehead atoms. The van der Waals surface area contributed by atoms with Gasteiger partial charge >= 0.3 is 0 Å². The summed E-state index contributed by atoms with van der Waals surface area (Å²) in [4.78, 5) is 46.8. The number of thiazole rings is 1. The van der Waals surface area contributed by atoms with E-state index in [9.17, 15) is 18.8 Å². The van der Waals surface area contributed by atoms with Crippen molar-refractivity contribution in [3.8, 4) is 5.75 Å². The number of nitrogens with one attached hydrogen (secondary N) is 1. The zero-order valence-corrected chi connectivity index (χ0v) is 19.1. The number of anilines is 3. The number of carbonyl (C=O) groups excluding carboxylic acids is 3. The third-order valence-corrected chi connectivity index (χ3v) is 5.73. The molecular weight excluding hydrogens is 465 g/mol. The largest absolute Gasteiger partial charge is 0.484 e. The number of ketones is 1. The molecule has 3 aromatic rings. The van der Waals surface area contributed by atoms with Gasteiger partial charge in [0.1, 0.15) is 28.3 Å². The van der Waals surface area contributed by atoms with E-state index in [1.165, 1.54) is 60.5 Å². The van der Waals surface area contributed by atoms with Crippen molar-refractivity contribution in [1.82, 2.24) is 10.5 Å². The van der Waals surface area contributed by atoms with Crippen LogP contribution in [0.1, 0.15) is 22.2 Å². The van der Waals surface area contributed by atoms with Crippen molar-refractivity contribution in [2.75, 3.05) is 24.4 Å². The van der Waals surface area contributed by atoms with Gasteiger partial charge in [-0.1, -0.05) is 11.3 Å². The Morgan fingerprint density at radius 2 is 1.79 bits per heavy atom. The van der Waals surface area contributed by atoms with Crippen LogP contribution in [0.15, 0.2) is 48.5 Å². The SMILES string of the molecule is CONC(=O)COc1ccc(C(=O)c2sc(N(c3ccc(F)cc3)C(C)C(N)=O)nc2N)cc1. The Bertz CT molecular complexity index is 1180. The summed E-state index contributed by atoms with van der Waals surface area (Å²) in [5, 5.41) is 0.253. The minimum atomic E-state index is -0.842. The molecule has 3 rings (SSSR count). The van der Waals surface area contributed by atoms with Gasteiger partial charge in [-0.15, -0.1) is 0 Å². The summed E-state index contributed by atoms with van der Waals surface area (Å²) in [6.07, 6.45) is 0. The van der Waals surface area contributed by atoms with Gasteiger partial charge < -0.3 is 21.1 Å². The highest BCUT2D eigenvalue weighted by Gasteiger charge is 2.27. The number of ether oxygens (including phenoxy) is 1. The van der Waals surface area contributed by atoms with Gasteiger partial charge in [-0.05, 0) is 55.5 Å². The molecule has 1 unspecified atom stereocenters. The monoisotopic (exact) mass is 487 g/mol. The summed E-state index contributed by atoms with van der Waals surface area (Å²) in [5.41, 5.74) is 14.4. The molecule has 0 spiro atoms. The van der Waals surface area contributed by atoms with Crippen molar-refractivity contribution in [1.29, 1.82) is 0 Å². The van der Waals surface area contributed by atoms with Gasteiger partial charge in [0.25, 0.3) is 5.91 Å². The molecule has 178 valence electrons. The van der Waals surface area contributed by atoms with Crippen LogP contribution in [0.25, 0.3) is 0 Å². The van der Waals surface area contributed by atoms with E-state index in [0.717, 1.165) is 11.3 Å². The molecule has 0 saturated heterocycles. The third-order valence-electron chi connectivity index (χ3n) is 4.66. The number of amides is 2. The minimum Gasteiger partial charge on any atom is -0.484 e. The second-order valence-electron chi connectivity index (χ2n) is 7.01. The summed E-state index contributed by atoms with van der Waals surface area (Å²) in [6, 6.07) is 10.7. The molecule has 2 aromatic carbocycles. The van der Waals surface area contributed by atoms with Crippen molar-refractivity contribution < 1.29 is 28.3 Å². The second kappa shape index (κ2) is 10.7. The number of nitrogens with zero attached hydrogens (tertiary/aromatic N) is 2. The Hall–Kier alpha value is -4.03. The third kappa shape index (κ3) is 5.66. The molecule has 12 heteroatoms. The Morgan fingerprint density at radius 1 is 1.15 bits per heavy atom. The summed E-state index contributed by atoms with van der Waals surface area (Å²) in [6.45, 7) is 1.31. The van der Waals surface area contributed by atoms with E-state index in [1.54, 1.807) is 6.92 Å². The molecular formula is C22H22FN5O5S. The number of carbonyl (C=O) groups is 3. The normalized spacial score (nSPS) is 11.5. The number of primary amides is 1. The summed E-state index contributed by atoms with van der Waals surface area (Å²) < 4.78 is 18.7. The highest BCUT2D eigenvalue weighted by Crippen LogP contribution is 2.36. The lowest BCUT2D eigenvalue weighted by molar-refractivity contribution is -0.133. The topological polar surface area (TPSA) is 150 Å². The smallest absolute Gasteiger partial charge is 0.281 e. The van der Waals surface area contributed by atoms with E-state index in [-0.39, 0.29) is 22.4 Å². The maximum atomic E-state index is 13.4. The number of aromatic nitrogens is 1. The standard InChI is InChI=1S/C22H22FN5O5S/c1-12(21(25)31)28(15-7-5-14(23)6-8-15)22-26-20(24)19(34-22)18(30)13-3-9-16(10-4-13)33-11-17(29)27-32-2/h3-10,12H,11,24H2,1-2H3,(H2,25,31)(H,27,29). The van der Waals surface area contributed by atoms with Crippen LogP contribution in [0.5, 0.6) is 5.75 Å². The Morgan fingerprint density at radius 3 is 2.38 bits per heavy atom. The van der Waals surface area contributed by atoms with Crippen LogP contribution in [0.3, 0.4) is 0 Å². The van der Waals surface area contributed by atoms with E-state index >= 15 is 0 Å². The van der Waals surface area contributed by atoms with Crippen molar-refractivity contribution >= 4 is 45.6 Å². The maximum absolute atomic E-state index is 13.4. The Balaban J connectivity index is 1.84. The fourth-order valence-electron chi connectivity index (χ4n) is 2.94. The molecule has 10 nitrogen and oxygen atoms in total. The summed E-state index contributed by atoms with van der Waals surface area (Å²) in [5.74, 6) is -1.60. The van der Waals surface area contributed by atoms with Gasteiger partial charge in [-0.2, -0.15) is 0 Å². The first-order valence-electron chi connectivity index (χ1n) is 9.91. The quantitative estimate of drug-likeness (QED) is 0.291. The predicted octanol–water partition coefficient (Wildman–Crippen LogP) is 2.16. The number of nitrogen functional groups attached to an aromatic ring is 1. The van der Waals surface area contributed by atoms with E-state index in [0.29, 0.717) is 17.0 Å². The minimum absolute atomic E-state index is 0.0228. The summed E-state index contributed by atoms with van der Waals surface area (Å²) in [7, 11) is 1.31. The molecule has 5 N–H and O–H groups in total. The van der Waals surface area contributed by atoms with E-state index in [4.69, 9.17) is 16.2 Å². The fourth-order valence-corrected chi connectivity index (χ4v) is 3.99. The highest BCUT2D eigenvalue weighted by atomic mass is 32.1. The lowest BCUT2D eigenvalue weighted by Crippen LogP contribution is -2.39. The summed E-state index contributed by atoms with van der Waals surface area (Å²) >= 11 is 0.980. The number of hydrogen-bond donors (Lipinski definition) is 3. The number of hydrogen-bond acceptors (Lipinski definition) is 9. The van der Waals surface area contributed by atoms with Gasteiger partial charge in [0, 0.05) is 11.3 Å². The average Bonchev–Trinajstić information content (AvgIpc) is 3.20. The lowest BCUT2D eigenvalue weighted by Gasteiger charge is -2.26. The molecule has 0 fully saturated rings. The van der Waals surface area contributed by atoms with Gasteiger partial charge in [0.2, 0.25) is 11.7 Å². The molecule has 34 heavy (non-hydrogen) atoms. The first kappa shape index (κ1) is 24.6. The predicted molar refractivity (Wildman–Crippen MR) is 124 cm³/mol. The molecule has 2 amide bonds. The molecule has 0 aliphatic rings. The van der Waals surface area contributed by atoms with Crippen LogP contribution >= 0.6 is 11.3 Å². The van der Waals surface area contributed by atoms with Gasteiger partial charge in [-0.25, -0.2) is 14.9 Å². The van der Waals surface area contributed by atoms with Crippen LogP contribution in [0.4, 0.5) is 21.0 Å². The number of hydroxylamine groups is 1. The van der Waals surface area contributed by atoms with Crippen LogP contribution in [0, 0.1) is 5.82 Å². The van der Waals surface area contributed by atoms with Crippen LogP contribution in [-0.4, -0.2) is 42.3 Å². The van der Waals surface area contributed by atoms with Crippen LogP contribution < -0.4 is 26.6 Å². The molecule has 0 saturated carbocycles. The van der Waals surface area contributed by atoms with Gasteiger partial charge in [-0.3, -0.25) is 19.2 Å². The zero-order chi connectivity index (χ0) is 24.8. The van der Waals surface area contributed by atoms with Gasteiger partial charge in [0.05, 0.1) is 7.11 Å². The van der Waals surface area contributed by atoms with Crippen molar-refractivity contribution in [3.05, 3.63) is 64.8 Å². The Labute approximate surface area is 198 Å². The number of nitrogens with two attached hydrogens (primary N) is 2. The molecule has 0 aliphatic carbocycles. The molecule has 1 atom stereocenters. The zero-order valence-electron chi connectivity index (χ0n) is 18.3. The maximum Gasteiger partial charge on any atom is 0.281 e. The average molecular weight is 488 g/mol. The molecule has 0 aliphatic heterocycles. The lowest BCUT2D eigenvalue weighted by atomic mass is 10.1. The molecule has 1 heterocycles. The van der Waals surface area contributed by atoms with Crippen LogP contribution in [-0.2, 0) is 14.4 Å². The molecule has 0 radical (unpaired) electrons. The fraction of sp³-hybridized carbons (Fsp3) is 0.182. The van der Waals surface area contributed by atoms with Crippen molar-refractivity contribution in [3.63, 3.8) is 0 Å². The van der Waals surface area contributed by atoms with Crippen LogP contribution in [0.2, 0.25) is 0 Å². The highest BCUT2D eigenvalue weighted by molar-refractivity contribution is 7.18. The van der Waals surface area contributed by atoms with Crippen molar-refractivity contribution in [2.45, 2.75) is 13.0 Å². The van der Waals surface area contributed by atoms with E-state index in [2.05, 4.69) is 15.3 Å². The first-order valence-corrected chi connectivity index (χ1v) is 10.7. The van der Waals surface area contributed by atoms with Crippen molar-refractivity contribution in [2.24, 2.45) is 5.73 Å². The Kier molecular flexibility index (Phi) is 7.76. The van der Waals surface area contributed by atoms with E-state index < -0.39 is 29.5 Å². The number of benzene rings is 2.